The molecular weight excluding hydrogens is 413 g/mol. The fourth-order valence-electron chi connectivity index (χ4n) is 3.75. The molecule has 0 fully saturated rings. The summed E-state index contributed by atoms with van der Waals surface area (Å²) < 4.78 is 19.5. The van der Waals surface area contributed by atoms with Gasteiger partial charge < -0.3 is 4.42 Å². The van der Waals surface area contributed by atoms with E-state index >= 15 is 0 Å². The zero-order valence-electron chi connectivity index (χ0n) is 16.5. The van der Waals surface area contributed by atoms with Crippen LogP contribution < -0.4 is 4.90 Å². The minimum absolute atomic E-state index is 0.0857. The van der Waals surface area contributed by atoms with E-state index < -0.39 is 5.82 Å². The quantitative estimate of drug-likeness (QED) is 0.403. The third-order valence-corrected chi connectivity index (χ3v) is 6.01. The molecule has 1 amide bonds. The smallest absolute Gasteiger partial charge is 0.277 e. The number of thioether (sulfide) groups is 1. The number of rotatable bonds is 4. The maximum atomic E-state index is 14.0. The number of carbonyl (C=O) groups is 1. The largest absolute Gasteiger partial charge is 0.411 e. The van der Waals surface area contributed by atoms with Crippen LogP contribution in [0.3, 0.4) is 0 Å². The van der Waals surface area contributed by atoms with Gasteiger partial charge in [-0.1, -0.05) is 60.3 Å². The highest BCUT2D eigenvalue weighted by atomic mass is 32.2. The van der Waals surface area contributed by atoms with Crippen LogP contribution in [-0.2, 0) is 17.6 Å². The minimum Gasteiger partial charge on any atom is -0.411 e. The zero-order chi connectivity index (χ0) is 21.2. The van der Waals surface area contributed by atoms with Crippen LogP contribution >= 0.6 is 11.8 Å². The van der Waals surface area contributed by atoms with Crippen molar-refractivity contribution in [3.05, 3.63) is 89.7 Å². The fraction of sp³-hybridized carbons (Fsp3) is 0.125. The molecule has 7 heteroatoms. The molecule has 5 nitrogen and oxygen atoms in total. The first-order valence-electron chi connectivity index (χ1n) is 9.90. The molecule has 2 heterocycles. The maximum absolute atomic E-state index is 14.0. The Hall–Kier alpha value is -3.45. The first kappa shape index (κ1) is 19.5. The Balaban J connectivity index is 1.40. The number of nitrogens with zero attached hydrogens (tertiary/aromatic N) is 3. The number of aryl methyl sites for hydroxylation is 2. The topological polar surface area (TPSA) is 59.2 Å². The fourth-order valence-corrected chi connectivity index (χ4v) is 4.36. The molecule has 3 aromatic carbocycles. The Bertz CT molecular complexity index is 1210. The number of aromatic nitrogens is 2. The van der Waals surface area contributed by atoms with Crippen LogP contribution in [0.5, 0.6) is 0 Å². The van der Waals surface area contributed by atoms with E-state index in [-0.39, 0.29) is 28.3 Å². The number of anilines is 2. The summed E-state index contributed by atoms with van der Waals surface area (Å²) in [5, 5.41) is 8.11. The molecule has 0 atom stereocenters. The standard InChI is InChI=1S/C24H18FN3O2S/c25-19-10-4-3-9-18(19)23-26-27-24(30-23)31-15-22(29)28-20-11-5-1-7-16(20)13-14-17-8-2-6-12-21(17)28/h1-12H,13-15H2. The lowest BCUT2D eigenvalue weighted by molar-refractivity contribution is -0.115. The lowest BCUT2D eigenvalue weighted by Gasteiger charge is -2.24. The van der Waals surface area contributed by atoms with Gasteiger partial charge in [-0.25, -0.2) is 4.39 Å². The minimum atomic E-state index is -0.434. The Morgan fingerprint density at radius 3 is 2.19 bits per heavy atom. The highest BCUT2D eigenvalue weighted by Crippen LogP contribution is 2.37. The van der Waals surface area contributed by atoms with Crippen molar-refractivity contribution in [1.29, 1.82) is 0 Å². The molecule has 0 saturated carbocycles. The first-order chi connectivity index (χ1) is 15.2. The van der Waals surface area contributed by atoms with Gasteiger partial charge >= 0.3 is 0 Å². The van der Waals surface area contributed by atoms with Crippen molar-refractivity contribution in [3.63, 3.8) is 0 Å². The van der Waals surface area contributed by atoms with E-state index in [2.05, 4.69) is 22.3 Å². The Morgan fingerprint density at radius 1 is 0.903 bits per heavy atom. The number of benzene rings is 3. The van der Waals surface area contributed by atoms with Gasteiger partial charge in [0, 0.05) is 0 Å². The van der Waals surface area contributed by atoms with Gasteiger partial charge in [0.15, 0.2) is 0 Å². The molecule has 0 unspecified atom stereocenters. The Kier molecular flexibility index (Phi) is 5.26. The number of fused-ring (bicyclic) bond motifs is 2. The van der Waals surface area contributed by atoms with Gasteiger partial charge in [-0.3, -0.25) is 9.69 Å². The number of amides is 1. The average molecular weight is 431 g/mol. The van der Waals surface area contributed by atoms with E-state index in [1.54, 1.807) is 23.1 Å². The van der Waals surface area contributed by atoms with E-state index in [1.165, 1.54) is 6.07 Å². The van der Waals surface area contributed by atoms with Crippen LogP contribution in [0.1, 0.15) is 11.1 Å². The van der Waals surface area contributed by atoms with Gasteiger partial charge in [0.05, 0.1) is 22.7 Å². The molecule has 0 aliphatic carbocycles. The lowest BCUT2D eigenvalue weighted by Crippen LogP contribution is -2.28. The van der Waals surface area contributed by atoms with Crippen LogP contribution in [0.15, 0.2) is 82.4 Å². The van der Waals surface area contributed by atoms with Gasteiger partial charge in [-0.05, 0) is 48.2 Å². The molecular formula is C24H18FN3O2S. The van der Waals surface area contributed by atoms with E-state index in [9.17, 15) is 9.18 Å². The summed E-state index contributed by atoms with van der Waals surface area (Å²) in [5.74, 6) is -0.311. The number of hydrogen-bond donors (Lipinski definition) is 0. The second-order valence-corrected chi connectivity index (χ2v) is 8.05. The number of carbonyl (C=O) groups excluding carboxylic acids is 1. The summed E-state index contributed by atoms with van der Waals surface area (Å²) in [6.45, 7) is 0. The molecule has 1 aliphatic rings. The Morgan fingerprint density at radius 2 is 1.52 bits per heavy atom. The van der Waals surface area contributed by atoms with Crippen LogP contribution in [0, 0.1) is 5.82 Å². The van der Waals surface area contributed by atoms with Gasteiger partial charge in [0.25, 0.3) is 11.1 Å². The van der Waals surface area contributed by atoms with Crippen molar-refractivity contribution in [2.75, 3.05) is 10.7 Å². The molecule has 0 spiro atoms. The maximum Gasteiger partial charge on any atom is 0.277 e. The zero-order valence-corrected chi connectivity index (χ0v) is 17.3. The van der Waals surface area contributed by atoms with Crippen LogP contribution in [0.25, 0.3) is 11.5 Å². The van der Waals surface area contributed by atoms with E-state index in [0.29, 0.717) is 0 Å². The summed E-state index contributed by atoms with van der Waals surface area (Å²) in [7, 11) is 0. The van der Waals surface area contributed by atoms with E-state index in [0.717, 1.165) is 47.1 Å². The monoisotopic (exact) mass is 431 g/mol. The lowest BCUT2D eigenvalue weighted by atomic mass is 10.0. The van der Waals surface area contributed by atoms with Gasteiger partial charge in [0.1, 0.15) is 5.82 Å². The van der Waals surface area contributed by atoms with Crippen LogP contribution in [-0.4, -0.2) is 21.9 Å². The van der Waals surface area contributed by atoms with Gasteiger partial charge in [-0.2, -0.15) is 0 Å². The molecule has 31 heavy (non-hydrogen) atoms. The predicted octanol–water partition coefficient (Wildman–Crippen LogP) is 5.43. The molecule has 0 saturated heterocycles. The van der Waals surface area contributed by atoms with Crippen molar-refractivity contribution in [1.82, 2.24) is 10.2 Å². The van der Waals surface area contributed by atoms with E-state index in [4.69, 9.17) is 4.42 Å². The van der Waals surface area contributed by atoms with Crippen molar-refractivity contribution in [2.24, 2.45) is 0 Å². The Labute approximate surface area is 182 Å². The highest BCUT2D eigenvalue weighted by Gasteiger charge is 2.26. The van der Waals surface area contributed by atoms with Crippen molar-refractivity contribution < 1.29 is 13.6 Å². The molecule has 154 valence electrons. The molecule has 5 rings (SSSR count). The summed E-state index contributed by atoms with van der Waals surface area (Å²) >= 11 is 1.15. The van der Waals surface area contributed by atoms with Gasteiger partial charge in [0.2, 0.25) is 5.91 Å². The third-order valence-electron chi connectivity index (χ3n) is 5.21. The molecule has 0 radical (unpaired) electrons. The van der Waals surface area contributed by atoms with Crippen LogP contribution in [0.4, 0.5) is 15.8 Å². The molecule has 4 aromatic rings. The summed E-state index contributed by atoms with van der Waals surface area (Å²) in [5.41, 5.74) is 4.31. The van der Waals surface area contributed by atoms with Crippen LogP contribution in [0.2, 0.25) is 0 Å². The molecule has 1 aromatic heterocycles. The van der Waals surface area contributed by atoms with E-state index in [1.807, 2.05) is 36.4 Å². The second-order valence-electron chi connectivity index (χ2n) is 7.13. The molecule has 0 bridgehead atoms. The van der Waals surface area contributed by atoms with Crippen molar-refractivity contribution in [3.8, 4) is 11.5 Å². The number of para-hydroxylation sites is 2. The predicted molar refractivity (Wildman–Crippen MR) is 118 cm³/mol. The highest BCUT2D eigenvalue weighted by molar-refractivity contribution is 7.99. The SMILES string of the molecule is O=C(CSc1nnc(-c2ccccc2F)o1)N1c2ccccc2CCc2ccccc21. The molecule has 1 aliphatic heterocycles. The van der Waals surface area contributed by atoms with Crippen molar-refractivity contribution in [2.45, 2.75) is 18.1 Å². The van der Waals surface area contributed by atoms with Gasteiger partial charge in [-0.15, -0.1) is 10.2 Å². The number of halogens is 1. The first-order valence-corrected chi connectivity index (χ1v) is 10.9. The third kappa shape index (κ3) is 3.84. The van der Waals surface area contributed by atoms with Crippen molar-refractivity contribution >= 4 is 29.0 Å². The normalized spacial score (nSPS) is 12.7. The molecule has 0 N–H and O–H groups in total. The number of hydrogen-bond acceptors (Lipinski definition) is 5. The average Bonchev–Trinajstić information content (AvgIpc) is 3.20. The summed E-state index contributed by atoms with van der Waals surface area (Å²) in [4.78, 5) is 15.1. The summed E-state index contributed by atoms with van der Waals surface area (Å²) in [6.07, 6.45) is 1.75. The second kappa shape index (κ2) is 8.35. The summed E-state index contributed by atoms with van der Waals surface area (Å²) in [6, 6.07) is 22.2.